The summed E-state index contributed by atoms with van der Waals surface area (Å²) in [4.78, 5) is 2.50. The van der Waals surface area contributed by atoms with Crippen LogP contribution in [0.4, 0.5) is 11.4 Å². The number of nitrogens with zero attached hydrogens (tertiary/aromatic N) is 1. The highest BCUT2D eigenvalue weighted by Crippen LogP contribution is 2.26. The first-order valence-corrected chi connectivity index (χ1v) is 6.39. The largest absolute Gasteiger partial charge is 0.398 e. The Balaban J connectivity index is 2.17. The zero-order valence-electron chi connectivity index (χ0n) is 10.2. The Morgan fingerprint density at radius 2 is 1.62 bits per heavy atom. The van der Waals surface area contributed by atoms with Gasteiger partial charge in [-0.25, -0.2) is 0 Å². The Bertz CT molecular complexity index is 339. The standard InChI is InChI=1S/C14H22N2/c1-12-13(15)8-7-9-14(12)16-10-5-3-2-4-6-11-16/h7-9H,2-6,10-11,15H2,1H3. The molecule has 2 nitrogen and oxygen atoms in total. The maximum absolute atomic E-state index is 5.97. The second-order valence-corrected chi connectivity index (χ2v) is 4.75. The van der Waals surface area contributed by atoms with Crippen LogP contribution in [0.2, 0.25) is 0 Å². The summed E-state index contributed by atoms with van der Waals surface area (Å²) in [5.74, 6) is 0. The lowest BCUT2D eigenvalue weighted by atomic mass is 10.1. The lowest BCUT2D eigenvalue weighted by Gasteiger charge is -2.28. The zero-order valence-corrected chi connectivity index (χ0v) is 10.2. The molecule has 1 aromatic carbocycles. The normalized spacial score (nSPS) is 17.9. The smallest absolute Gasteiger partial charge is 0.0416 e. The van der Waals surface area contributed by atoms with Crippen LogP contribution in [0.3, 0.4) is 0 Å². The molecule has 0 aromatic heterocycles. The van der Waals surface area contributed by atoms with E-state index in [9.17, 15) is 0 Å². The van der Waals surface area contributed by atoms with Crippen molar-refractivity contribution in [3.63, 3.8) is 0 Å². The predicted molar refractivity (Wildman–Crippen MR) is 70.9 cm³/mol. The molecule has 0 bridgehead atoms. The molecule has 1 aliphatic rings. The summed E-state index contributed by atoms with van der Waals surface area (Å²) >= 11 is 0. The Hall–Kier alpha value is -1.18. The maximum atomic E-state index is 5.97. The number of anilines is 2. The molecular weight excluding hydrogens is 196 g/mol. The lowest BCUT2D eigenvalue weighted by molar-refractivity contribution is 0.556. The predicted octanol–water partition coefficient (Wildman–Crippen LogP) is 3.35. The fourth-order valence-electron chi connectivity index (χ4n) is 2.47. The van der Waals surface area contributed by atoms with Gasteiger partial charge in [-0.3, -0.25) is 0 Å². The molecule has 0 unspecified atom stereocenters. The van der Waals surface area contributed by atoms with Gasteiger partial charge in [-0.2, -0.15) is 0 Å². The van der Waals surface area contributed by atoms with E-state index in [1.54, 1.807) is 0 Å². The molecule has 1 aliphatic heterocycles. The van der Waals surface area contributed by atoms with Gasteiger partial charge in [0.1, 0.15) is 0 Å². The number of nitrogen functional groups attached to an aromatic ring is 1. The van der Waals surface area contributed by atoms with Gasteiger partial charge < -0.3 is 10.6 Å². The fraction of sp³-hybridized carbons (Fsp3) is 0.571. The third-order valence-corrected chi connectivity index (χ3v) is 3.54. The van der Waals surface area contributed by atoms with E-state index >= 15 is 0 Å². The van der Waals surface area contributed by atoms with Gasteiger partial charge in [0.2, 0.25) is 0 Å². The average molecular weight is 218 g/mol. The first-order valence-electron chi connectivity index (χ1n) is 6.39. The molecule has 1 saturated heterocycles. The van der Waals surface area contributed by atoms with Gasteiger partial charge in [-0.1, -0.05) is 25.3 Å². The molecule has 2 rings (SSSR count). The van der Waals surface area contributed by atoms with Crippen molar-refractivity contribution in [3.8, 4) is 0 Å². The Morgan fingerprint density at radius 1 is 1.00 bits per heavy atom. The number of hydrogen-bond acceptors (Lipinski definition) is 2. The third-order valence-electron chi connectivity index (χ3n) is 3.54. The molecule has 0 radical (unpaired) electrons. The lowest BCUT2D eigenvalue weighted by Crippen LogP contribution is -2.27. The number of nitrogens with two attached hydrogens (primary N) is 1. The van der Waals surface area contributed by atoms with Crippen molar-refractivity contribution in [2.45, 2.75) is 39.0 Å². The summed E-state index contributed by atoms with van der Waals surface area (Å²) in [6, 6.07) is 6.26. The molecule has 1 heterocycles. The first kappa shape index (κ1) is 11.3. The van der Waals surface area contributed by atoms with E-state index in [-0.39, 0.29) is 0 Å². The Morgan fingerprint density at radius 3 is 2.31 bits per heavy atom. The van der Waals surface area contributed by atoms with E-state index in [4.69, 9.17) is 5.73 Å². The average Bonchev–Trinajstić information content (AvgIpc) is 2.23. The highest BCUT2D eigenvalue weighted by atomic mass is 15.1. The molecule has 0 amide bonds. The van der Waals surface area contributed by atoms with Crippen molar-refractivity contribution in [2.24, 2.45) is 0 Å². The minimum atomic E-state index is 0.916. The second-order valence-electron chi connectivity index (χ2n) is 4.75. The molecule has 1 aromatic rings. The van der Waals surface area contributed by atoms with Crippen LogP contribution < -0.4 is 10.6 Å². The third kappa shape index (κ3) is 2.49. The van der Waals surface area contributed by atoms with Crippen LogP contribution in [0.5, 0.6) is 0 Å². The fourth-order valence-corrected chi connectivity index (χ4v) is 2.47. The van der Waals surface area contributed by atoms with Gasteiger partial charge in [-0.15, -0.1) is 0 Å². The monoisotopic (exact) mass is 218 g/mol. The zero-order chi connectivity index (χ0) is 11.4. The van der Waals surface area contributed by atoms with E-state index < -0.39 is 0 Å². The molecule has 0 saturated carbocycles. The van der Waals surface area contributed by atoms with Crippen molar-refractivity contribution in [3.05, 3.63) is 23.8 Å². The van der Waals surface area contributed by atoms with E-state index in [2.05, 4.69) is 24.0 Å². The second kappa shape index (κ2) is 5.24. The first-order chi connectivity index (χ1) is 7.79. The summed E-state index contributed by atoms with van der Waals surface area (Å²) in [7, 11) is 0. The molecule has 2 heteroatoms. The summed E-state index contributed by atoms with van der Waals surface area (Å²) in [5.41, 5.74) is 9.46. The summed E-state index contributed by atoms with van der Waals surface area (Å²) in [6.07, 6.45) is 6.78. The van der Waals surface area contributed by atoms with Crippen molar-refractivity contribution in [1.29, 1.82) is 0 Å². The van der Waals surface area contributed by atoms with E-state index in [0.717, 1.165) is 5.69 Å². The van der Waals surface area contributed by atoms with E-state index in [1.165, 1.54) is 56.4 Å². The summed E-state index contributed by atoms with van der Waals surface area (Å²) in [5, 5.41) is 0. The minimum absolute atomic E-state index is 0.916. The van der Waals surface area contributed by atoms with Gasteiger partial charge in [0.25, 0.3) is 0 Å². The van der Waals surface area contributed by atoms with Crippen LogP contribution in [-0.4, -0.2) is 13.1 Å². The van der Waals surface area contributed by atoms with Gasteiger partial charge in [0, 0.05) is 24.5 Å². The minimum Gasteiger partial charge on any atom is -0.398 e. The van der Waals surface area contributed by atoms with Gasteiger partial charge in [0.05, 0.1) is 0 Å². The van der Waals surface area contributed by atoms with Crippen LogP contribution in [0.1, 0.15) is 37.7 Å². The Kier molecular flexibility index (Phi) is 3.70. The van der Waals surface area contributed by atoms with Gasteiger partial charge >= 0.3 is 0 Å². The number of rotatable bonds is 1. The molecule has 16 heavy (non-hydrogen) atoms. The maximum Gasteiger partial charge on any atom is 0.0416 e. The van der Waals surface area contributed by atoms with Crippen molar-refractivity contribution in [1.82, 2.24) is 0 Å². The van der Waals surface area contributed by atoms with Crippen molar-refractivity contribution in [2.75, 3.05) is 23.7 Å². The van der Waals surface area contributed by atoms with E-state index in [0.29, 0.717) is 0 Å². The molecule has 0 aliphatic carbocycles. The SMILES string of the molecule is Cc1c(N)cccc1N1CCCCCCC1. The van der Waals surface area contributed by atoms with Crippen LogP contribution in [-0.2, 0) is 0 Å². The highest BCUT2D eigenvalue weighted by molar-refractivity contribution is 5.64. The summed E-state index contributed by atoms with van der Waals surface area (Å²) < 4.78 is 0. The topological polar surface area (TPSA) is 29.3 Å². The van der Waals surface area contributed by atoms with Crippen LogP contribution in [0.25, 0.3) is 0 Å². The summed E-state index contributed by atoms with van der Waals surface area (Å²) in [6.45, 7) is 4.50. The molecular formula is C14H22N2. The number of benzene rings is 1. The molecule has 1 fully saturated rings. The molecule has 0 atom stereocenters. The Labute approximate surface area is 98.4 Å². The van der Waals surface area contributed by atoms with Crippen LogP contribution in [0.15, 0.2) is 18.2 Å². The highest BCUT2D eigenvalue weighted by Gasteiger charge is 2.11. The van der Waals surface area contributed by atoms with Crippen molar-refractivity contribution < 1.29 is 0 Å². The van der Waals surface area contributed by atoms with Gasteiger partial charge in [-0.05, 0) is 37.5 Å². The van der Waals surface area contributed by atoms with E-state index in [1.807, 2.05) is 6.07 Å². The van der Waals surface area contributed by atoms with Crippen molar-refractivity contribution >= 4 is 11.4 Å². The molecule has 88 valence electrons. The van der Waals surface area contributed by atoms with Gasteiger partial charge in [0.15, 0.2) is 0 Å². The molecule has 2 N–H and O–H groups in total. The quantitative estimate of drug-likeness (QED) is 0.732. The van der Waals surface area contributed by atoms with Crippen LogP contribution >= 0.6 is 0 Å². The number of hydrogen-bond donors (Lipinski definition) is 1. The molecule has 0 spiro atoms. The van der Waals surface area contributed by atoms with Crippen LogP contribution in [0, 0.1) is 6.92 Å².